The molecular formula is C16H19N3O4S. The van der Waals surface area contributed by atoms with Gasteiger partial charge in [-0.2, -0.15) is 0 Å². The van der Waals surface area contributed by atoms with Crippen LogP contribution in [0.25, 0.3) is 0 Å². The highest BCUT2D eigenvalue weighted by molar-refractivity contribution is 7.13. The van der Waals surface area contributed by atoms with E-state index in [1.807, 2.05) is 6.07 Å². The summed E-state index contributed by atoms with van der Waals surface area (Å²) in [6, 6.07) is 6.19. The van der Waals surface area contributed by atoms with Crippen LogP contribution in [-0.4, -0.2) is 30.7 Å². The molecule has 2 N–H and O–H groups in total. The monoisotopic (exact) mass is 349 g/mol. The quantitative estimate of drug-likeness (QED) is 0.750. The lowest BCUT2D eigenvalue weighted by atomic mass is 10.0. The van der Waals surface area contributed by atoms with Gasteiger partial charge in [-0.05, 0) is 24.6 Å². The minimum absolute atomic E-state index is 0.0201. The van der Waals surface area contributed by atoms with Crippen molar-refractivity contribution in [3.63, 3.8) is 0 Å². The summed E-state index contributed by atoms with van der Waals surface area (Å²) in [6.07, 6.45) is 1.62. The van der Waals surface area contributed by atoms with E-state index in [1.54, 1.807) is 43.8 Å². The highest BCUT2D eigenvalue weighted by atomic mass is 32.1. The van der Waals surface area contributed by atoms with Gasteiger partial charge in [0.15, 0.2) is 5.13 Å². The third kappa shape index (κ3) is 5.24. The second-order valence-electron chi connectivity index (χ2n) is 4.77. The average molecular weight is 349 g/mol. The fourth-order valence-corrected chi connectivity index (χ4v) is 2.60. The minimum Gasteiger partial charge on any atom is -0.497 e. The standard InChI is InChI=1S/C16H19N3O4S/c1-3-23-14(20)10-13(11-5-4-6-12(9-11)22-2)18-15(21)19-16-17-7-8-24-16/h4-9,13H,3,10H2,1-2H3,(H2,17,18,19,21). The number of anilines is 1. The third-order valence-electron chi connectivity index (χ3n) is 3.13. The number of amides is 2. The number of rotatable bonds is 7. The van der Waals surface area contributed by atoms with E-state index in [0.717, 1.165) is 5.56 Å². The van der Waals surface area contributed by atoms with E-state index in [1.165, 1.54) is 11.3 Å². The van der Waals surface area contributed by atoms with Gasteiger partial charge in [0.25, 0.3) is 0 Å². The molecule has 2 rings (SSSR count). The van der Waals surface area contributed by atoms with Crippen molar-refractivity contribution in [3.8, 4) is 5.75 Å². The van der Waals surface area contributed by atoms with Crippen molar-refractivity contribution < 1.29 is 19.1 Å². The predicted molar refractivity (Wildman–Crippen MR) is 91.3 cm³/mol. The molecule has 1 heterocycles. The number of carbonyl (C=O) groups excluding carboxylic acids is 2. The number of carbonyl (C=O) groups is 2. The molecule has 1 unspecified atom stereocenters. The number of aromatic nitrogens is 1. The Hall–Kier alpha value is -2.61. The number of urea groups is 1. The lowest BCUT2D eigenvalue weighted by Crippen LogP contribution is -2.34. The summed E-state index contributed by atoms with van der Waals surface area (Å²) in [5, 5.41) is 7.64. The Morgan fingerprint density at radius 3 is 2.88 bits per heavy atom. The van der Waals surface area contributed by atoms with Gasteiger partial charge >= 0.3 is 12.0 Å². The van der Waals surface area contributed by atoms with E-state index in [4.69, 9.17) is 9.47 Å². The number of ether oxygens (including phenoxy) is 2. The van der Waals surface area contributed by atoms with Gasteiger partial charge in [-0.25, -0.2) is 9.78 Å². The first-order valence-corrected chi connectivity index (χ1v) is 8.27. The van der Waals surface area contributed by atoms with Crippen LogP contribution < -0.4 is 15.4 Å². The van der Waals surface area contributed by atoms with E-state index >= 15 is 0 Å². The Morgan fingerprint density at radius 1 is 1.38 bits per heavy atom. The summed E-state index contributed by atoms with van der Waals surface area (Å²) >= 11 is 1.31. The summed E-state index contributed by atoms with van der Waals surface area (Å²) in [7, 11) is 1.56. The molecule has 0 spiro atoms. The predicted octanol–water partition coefficient (Wildman–Crippen LogP) is 2.97. The fraction of sp³-hybridized carbons (Fsp3) is 0.312. The van der Waals surface area contributed by atoms with Gasteiger partial charge in [0.2, 0.25) is 0 Å². The van der Waals surface area contributed by atoms with E-state index in [-0.39, 0.29) is 19.0 Å². The number of hydrogen-bond donors (Lipinski definition) is 2. The molecule has 0 saturated carbocycles. The molecule has 24 heavy (non-hydrogen) atoms. The highest BCUT2D eigenvalue weighted by Gasteiger charge is 2.20. The molecule has 0 aliphatic heterocycles. The maximum Gasteiger partial charge on any atom is 0.321 e. The molecule has 8 heteroatoms. The first-order valence-electron chi connectivity index (χ1n) is 7.39. The Bertz CT molecular complexity index is 676. The second kappa shape index (κ2) is 8.88. The number of benzene rings is 1. The summed E-state index contributed by atoms with van der Waals surface area (Å²) in [6.45, 7) is 2.02. The van der Waals surface area contributed by atoms with E-state index in [0.29, 0.717) is 10.9 Å². The lowest BCUT2D eigenvalue weighted by Gasteiger charge is -2.19. The van der Waals surface area contributed by atoms with Crippen molar-refractivity contribution in [1.82, 2.24) is 10.3 Å². The number of thiazole rings is 1. The molecule has 0 bridgehead atoms. The van der Waals surface area contributed by atoms with Crippen LogP contribution in [0, 0.1) is 0 Å². The average Bonchev–Trinajstić information content (AvgIpc) is 3.07. The van der Waals surface area contributed by atoms with Crippen LogP contribution in [0.5, 0.6) is 5.75 Å². The second-order valence-corrected chi connectivity index (χ2v) is 5.67. The SMILES string of the molecule is CCOC(=O)CC(NC(=O)Nc1nccs1)c1cccc(OC)c1. The Balaban J connectivity index is 2.12. The smallest absolute Gasteiger partial charge is 0.321 e. The van der Waals surface area contributed by atoms with E-state index < -0.39 is 12.1 Å². The molecular weight excluding hydrogens is 330 g/mol. The van der Waals surface area contributed by atoms with Gasteiger partial charge in [0.05, 0.1) is 26.2 Å². The highest BCUT2D eigenvalue weighted by Crippen LogP contribution is 2.22. The molecule has 1 aromatic heterocycles. The van der Waals surface area contributed by atoms with Crippen molar-refractivity contribution in [3.05, 3.63) is 41.4 Å². The minimum atomic E-state index is -0.542. The molecule has 2 aromatic rings. The van der Waals surface area contributed by atoms with Gasteiger partial charge in [-0.15, -0.1) is 11.3 Å². The van der Waals surface area contributed by atoms with Crippen LogP contribution in [-0.2, 0) is 9.53 Å². The van der Waals surface area contributed by atoms with Crippen LogP contribution in [0.1, 0.15) is 24.9 Å². The normalized spacial score (nSPS) is 11.4. The molecule has 0 radical (unpaired) electrons. The summed E-state index contributed by atoms with van der Waals surface area (Å²) in [5.41, 5.74) is 0.747. The van der Waals surface area contributed by atoms with Crippen LogP contribution in [0.15, 0.2) is 35.8 Å². The molecule has 0 aliphatic rings. The molecule has 128 valence electrons. The molecule has 0 fully saturated rings. The van der Waals surface area contributed by atoms with Gasteiger partial charge in [0, 0.05) is 11.6 Å². The first kappa shape index (κ1) is 17.7. The van der Waals surface area contributed by atoms with Crippen molar-refractivity contribution in [1.29, 1.82) is 0 Å². The molecule has 0 saturated heterocycles. The van der Waals surface area contributed by atoms with E-state index in [2.05, 4.69) is 15.6 Å². The molecule has 1 aromatic carbocycles. The number of nitrogens with one attached hydrogen (secondary N) is 2. The van der Waals surface area contributed by atoms with Crippen LogP contribution in [0.2, 0.25) is 0 Å². The van der Waals surface area contributed by atoms with Crippen LogP contribution in [0.4, 0.5) is 9.93 Å². The van der Waals surface area contributed by atoms with Crippen molar-refractivity contribution in [2.24, 2.45) is 0 Å². The van der Waals surface area contributed by atoms with Gasteiger partial charge in [-0.1, -0.05) is 12.1 Å². The Labute approximate surface area is 144 Å². The summed E-state index contributed by atoms with van der Waals surface area (Å²) in [5.74, 6) is 0.253. The van der Waals surface area contributed by atoms with Gasteiger partial charge in [-0.3, -0.25) is 10.1 Å². The number of nitrogens with zero attached hydrogens (tertiary/aromatic N) is 1. The summed E-state index contributed by atoms with van der Waals surface area (Å²) in [4.78, 5) is 28.0. The van der Waals surface area contributed by atoms with Crippen LogP contribution >= 0.6 is 11.3 Å². The molecule has 2 amide bonds. The largest absolute Gasteiger partial charge is 0.497 e. The van der Waals surface area contributed by atoms with Gasteiger partial charge in [0.1, 0.15) is 5.75 Å². The molecule has 0 aliphatic carbocycles. The van der Waals surface area contributed by atoms with Crippen molar-refractivity contribution >= 4 is 28.5 Å². The molecule has 7 nitrogen and oxygen atoms in total. The third-order valence-corrected chi connectivity index (χ3v) is 3.82. The van der Waals surface area contributed by atoms with Crippen molar-refractivity contribution in [2.75, 3.05) is 19.0 Å². The molecule has 1 atom stereocenters. The lowest BCUT2D eigenvalue weighted by molar-refractivity contribution is -0.143. The first-order chi connectivity index (χ1) is 11.6. The number of esters is 1. The maximum atomic E-state index is 12.1. The fourth-order valence-electron chi connectivity index (χ4n) is 2.07. The van der Waals surface area contributed by atoms with Gasteiger partial charge < -0.3 is 14.8 Å². The zero-order chi connectivity index (χ0) is 17.4. The maximum absolute atomic E-state index is 12.1. The number of methoxy groups -OCH3 is 1. The van der Waals surface area contributed by atoms with Crippen LogP contribution in [0.3, 0.4) is 0 Å². The topological polar surface area (TPSA) is 89.5 Å². The Kier molecular flexibility index (Phi) is 6.56. The zero-order valence-electron chi connectivity index (χ0n) is 13.4. The van der Waals surface area contributed by atoms with Crippen molar-refractivity contribution in [2.45, 2.75) is 19.4 Å². The number of hydrogen-bond acceptors (Lipinski definition) is 6. The summed E-state index contributed by atoms with van der Waals surface area (Å²) < 4.78 is 10.2. The Morgan fingerprint density at radius 2 is 2.21 bits per heavy atom. The zero-order valence-corrected chi connectivity index (χ0v) is 14.3. The van der Waals surface area contributed by atoms with E-state index in [9.17, 15) is 9.59 Å².